The second-order valence-electron chi connectivity index (χ2n) is 7.76. The zero-order chi connectivity index (χ0) is 24.3. The van der Waals surface area contributed by atoms with Crippen LogP contribution in [-0.4, -0.2) is 49.3 Å². The van der Waals surface area contributed by atoms with Gasteiger partial charge < -0.3 is 19.7 Å². The molecule has 0 bridgehead atoms. The van der Waals surface area contributed by atoms with Crippen LogP contribution in [0.2, 0.25) is 0 Å². The zero-order valence-corrected chi connectivity index (χ0v) is 18.3. The minimum atomic E-state index is -4.58. The molecule has 0 spiro atoms. The van der Waals surface area contributed by atoms with Crippen molar-refractivity contribution in [3.63, 3.8) is 0 Å². The predicted molar refractivity (Wildman–Crippen MR) is 120 cm³/mol. The van der Waals surface area contributed by atoms with Crippen LogP contribution < -0.4 is 10.2 Å². The molecule has 10 heteroatoms. The summed E-state index contributed by atoms with van der Waals surface area (Å²) in [7, 11) is 0. The van der Waals surface area contributed by atoms with Gasteiger partial charge in [0, 0.05) is 18.5 Å². The Kier molecular flexibility index (Phi) is 6.69. The number of amides is 1. The van der Waals surface area contributed by atoms with Crippen molar-refractivity contribution in [2.75, 3.05) is 36.5 Å². The summed E-state index contributed by atoms with van der Waals surface area (Å²) in [4.78, 5) is 31.3. The summed E-state index contributed by atoms with van der Waals surface area (Å²) in [6.07, 6.45) is -5.85. The van der Waals surface area contributed by atoms with E-state index in [0.717, 1.165) is 17.5 Å². The lowest BCUT2D eigenvalue weighted by atomic mass is 10.1. The third kappa shape index (κ3) is 5.28. The highest BCUT2D eigenvalue weighted by Gasteiger charge is 2.32. The number of aromatic nitrogens is 1. The van der Waals surface area contributed by atoms with E-state index in [4.69, 9.17) is 9.47 Å². The first-order valence-electron chi connectivity index (χ1n) is 10.6. The summed E-state index contributed by atoms with van der Waals surface area (Å²) < 4.78 is 50.4. The van der Waals surface area contributed by atoms with Gasteiger partial charge in [0.1, 0.15) is 5.69 Å². The molecule has 1 unspecified atom stereocenters. The number of halogens is 3. The van der Waals surface area contributed by atoms with Crippen LogP contribution in [0.5, 0.6) is 0 Å². The fourth-order valence-electron chi connectivity index (χ4n) is 3.58. The fraction of sp³-hybridized carbons (Fsp3) is 0.292. The van der Waals surface area contributed by atoms with Crippen LogP contribution in [-0.2, 0) is 20.4 Å². The van der Waals surface area contributed by atoms with Crippen LogP contribution in [0.4, 0.5) is 24.5 Å². The molecule has 34 heavy (non-hydrogen) atoms. The van der Waals surface area contributed by atoms with Crippen LogP contribution in [0.3, 0.4) is 0 Å². The van der Waals surface area contributed by atoms with Gasteiger partial charge in [0.15, 0.2) is 6.10 Å². The molecule has 1 atom stereocenters. The van der Waals surface area contributed by atoms with Crippen molar-refractivity contribution in [2.45, 2.75) is 19.2 Å². The van der Waals surface area contributed by atoms with Crippen molar-refractivity contribution in [2.24, 2.45) is 0 Å². The number of carbonyl (C=O) groups excluding carboxylic acids is 2. The molecule has 1 fully saturated rings. The first-order valence-corrected chi connectivity index (χ1v) is 10.6. The number of hydrogen-bond donors (Lipinski definition) is 1. The molecule has 2 aromatic carbocycles. The van der Waals surface area contributed by atoms with E-state index in [1.54, 1.807) is 18.2 Å². The summed E-state index contributed by atoms with van der Waals surface area (Å²) in [6, 6.07) is 13.6. The summed E-state index contributed by atoms with van der Waals surface area (Å²) >= 11 is 0. The van der Waals surface area contributed by atoms with Crippen molar-refractivity contribution >= 4 is 34.2 Å². The Bertz CT molecular complexity index is 1210. The number of nitrogens with one attached hydrogen (secondary N) is 1. The van der Waals surface area contributed by atoms with Crippen molar-refractivity contribution < 1.29 is 32.2 Å². The lowest BCUT2D eigenvalue weighted by Gasteiger charge is -2.31. The molecular weight excluding hydrogens is 451 g/mol. The summed E-state index contributed by atoms with van der Waals surface area (Å²) in [6.45, 7) is 3.11. The van der Waals surface area contributed by atoms with E-state index in [1.807, 2.05) is 17.0 Å². The minimum absolute atomic E-state index is 0.0198. The third-order valence-electron chi connectivity index (χ3n) is 5.39. The van der Waals surface area contributed by atoms with E-state index < -0.39 is 29.7 Å². The predicted octanol–water partition coefficient (Wildman–Crippen LogP) is 4.27. The molecule has 4 rings (SSSR count). The number of rotatable bonds is 5. The van der Waals surface area contributed by atoms with Gasteiger partial charge in [0.2, 0.25) is 0 Å². The topological polar surface area (TPSA) is 80.8 Å². The van der Waals surface area contributed by atoms with Crippen molar-refractivity contribution in [3.05, 3.63) is 65.9 Å². The number of carbonyl (C=O) groups is 2. The molecular formula is C24H22F3N3O4. The van der Waals surface area contributed by atoms with Gasteiger partial charge in [-0.15, -0.1) is 0 Å². The highest BCUT2D eigenvalue weighted by Crippen LogP contribution is 2.36. The Hall–Kier alpha value is -3.66. The average Bonchev–Trinajstić information content (AvgIpc) is 2.83. The van der Waals surface area contributed by atoms with E-state index in [-0.39, 0.29) is 11.4 Å². The number of anilines is 2. The lowest BCUT2D eigenvalue weighted by Crippen LogP contribution is -2.37. The zero-order valence-electron chi connectivity index (χ0n) is 18.3. The minimum Gasteiger partial charge on any atom is -0.448 e. The molecule has 1 saturated heterocycles. The number of alkyl halides is 3. The highest BCUT2D eigenvalue weighted by molar-refractivity contribution is 5.99. The Balaban J connectivity index is 1.51. The smallest absolute Gasteiger partial charge is 0.416 e. The standard InChI is InChI=1S/C24H22F3N3O4/c1-15(34-23(32)19-8-6-16-4-2-3-5-18(16)28-19)22(31)29-20-14-17(24(25,26)27)7-9-21(20)30-10-12-33-13-11-30/h2-9,14-15H,10-13H2,1H3,(H,29,31). The van der Waals surface area contributed by atoms with E-state index in [9.17, 15) is 22.8 Å². The first kappa shape index (κ1) is 23.5. The maximum absolute atomic E-state index is 13.3. The van der Waals surface area contributed by atoms with Crippen LogP contribution in [0.15, 0.2) is 54.6 Å². The maximum atomic E-state index is 13.3. The van der Waals surface area contributed by atoms with E-state index >= 15 is 0 Å². The molecule has 0 radical (unpaired) electrons. The van der Waals surface area contributed by atoms with E-state index in [1.165, 1.54) is 19.1 Å². The molecule has 1 aliphatic heterocycles. The molecule has 7 nitrogen and oxygen atoms in total. The largest absolute Gasteiger partial charge is 0.448 e. The van der Waals surface area contributed by atoms with Crippen molar-refractivity contribution in [3.8, 4) is 0 Å². The van der Waals surface area contributed by atoms with Gasteiger partial charge in [-0.05, 0) is 37.3 Å². The van der Waals surface area contributed by atoms with E-state index in [2.05, 4.69) is 10.3 Å². The number of fused-ring (bicyclic) bond motifs is 1. The van der Waals surface area contributed by atoms with Gasteiger partial charge in [-0.2, -0.15) is 13.2 Å². The number of ether oxygens (including phenoxy) is 2. The summed E-state index contributed by atoms with van der Waals surface area (Å²) in [5.74, 6) is -1.58. The Morgan fingerprint density at radius 3 is 2.56 bits per heavy atom. The quantitative estimate of drug-likeness (QED) is 0.558. The van der Waals surface area contributed by atoms with Crippen molar-refractivity contribution in [1.29, 1.82) is 0 Å². The number of esters is 1. The summed E-state index contributed by atoms with van der Waals surface area (Å²) in [5.41, 5.74) is 0.122. The molecule has 0 aliphatic carbocycles. The number of morpholine rings is 1. The SMILES string of the molecule is CC(OC(=O)c1ccc2ccccc2n1)C(=O)Nc1cc(C(F)(F)F)ccc1N1CCOCC1. The van der Waals surface area contributed by atoms with Gasteiger partial charge in [0.05, 0.1) is 35.7 Å². The molecule has 0 saturated carbocycles. The molecule has 1 amide bonds. The van der Waals surface area contributed by atoms with Crippen LogP contribution in [0, 0.1) is 0 Å². The van der Waals surface area contributed by atoms with Gasteiger partial charge >= 0.3 is 12.1 Å². The number of para-hydroxylation sites is 1. The van der Waals surface area contributed by atoms with Gasteiger partial charge in [-0.25, -0.2) is 9.78 Å². The third-order valence-corrected chi connectivity index (χ3v) is 5.39. The normalized spacial score (nSPS) is 15.1. The number of hydrogen-bond acceptors (Lipinski definition) is 6. The molecule has 1 N–H and O–H groups in total. The first-order chi connectivity index (χ1) is 16.2. The Morgan fingerprint density at radius 1 is 1.09 bits per heavy atom. The monoisotopic (exact) mass is 473 g/mol. The Morgan fingerprint density at radius 2 is 1.82 bits per heavy atom. The van der Waals surface area contributed by atoms with E-state index in [0.29, 0.717) is 37.5 Å². The van der Waals surface area contributed by atoms with Crippen LogP contribution in [0.25, 0.3) is 10.9 Å². The number of pyridine rings is 1. The van der Waals surface area contributed by atoms with Gasteiger partial charge in [-0.1, -0.05) is 24.3 Å². The number of nitrogens with zero attached hydrogens (tertiary/aromatic N) is 2. The molecule has 3 aromatic rings. The van der Waals surface area contributed by atoms with Crippen LogP contribution >= 0.6 is 0 Å². The average molecular weight is 473 g/mol. The fourth-order valence-corrected chi connectivity index (χ4v) is 3.58. The lowest BCUT2D eigenvalue weighted by molar-refractivity contribution is -0.137. The molecule has 2 heterocycles. The highest BCUT2D eigenvalue weighted by atomic mass is 19.4. The molecule has 1 aliphatic rings. The summed E-state index contributed by atoms with van der Waals surface area (Å²) in [5, 5.41) is 3.33. The van der Waals surface area contributed by atoms with Crippen molar-refractivity contribution in [1.82, 2.24) is 4.98 Å². The van der Waals surface area contributed by atoms with Gasteiger partial charge in [-0.3, -0.25) is 4.79 Å². The second kappa shape index (κ2) is 9.68. The number of benzene rings is 2. The Labute approximate surface area is 193 Å². The molecule has 1 aromatic heterocycles. The molecule has 178 valence electrons. The maximum Gasteiger partial charge on any atom is 0.416 e. The van der Waals surface area contributed by atoms with Gasteiger partial charge in [0.25, 0.3) is 5.91 Å². The second-order valence-corrected chi connectivity index (χ2v) is 7.76. The van der Waals surface area contributed by atoms with Crippen LogP contribution in [0.1, 0.15) is 23.0 Å².